The van der Waals surface area contributed by atoms with Gasteiger partial charge in [0.05, 0.1) is 16.0 Å². The van der Waals surface area contributed by atoms with Crippen LogP contribution in [0, 0.1) is 0 Å². The normalized spacial score (nSPS) is 13.1. The maximum atomic E-state index is 12.6. The van der Waals surface area contributed by atoms with Crippen LogP contribution in [-0.2, 0) is 10.0 Å². The van der Waals surface area contributed by atoms with E-state index in [2.05, 4.69) is 5.32 Å². The Hall–Kier alpha value is -1.93. The topological polar surface area (TPSA) is 66.5 Å². The average molecular weight is 423 g/mol. The second-order valence-corrected chi connectivity index (χ2v) is 9.87. The minimum absolute atomic E-state index is 0.210. The Morgan fingerprint density at radius 2 is 1.74 bits per heavy atom. The van der Waals surface area contributed by atoms with Crippen molar-refractivity contribution in [2.24, 2.45) is 0 Å². The number of carbonyl (C=O) groups excluding carboxylic acids is 1. The molecular weight excluding hydrogens is 404 g/mol. The molecule has 5 nitrogen and oxygen atoms in total. The predicted octanol–water partition coefficient (Wildman–Crippen LogP) is 4.30. The zero-order valence-electron chi connectivity index (χ0n) is 15.1. The van der Waals surface area contributed by atoms with Crippen LogP contribution in [0.3, 0.4) is 0 Å². The molecule has 2 aromatic carbocycles. The van der Waals surface area contributed by atoms with Gasteiger partial charge in [0.1, 0.15) is 4.88 Å². The van der Waals surface area contributed by atoms with Gasteiger partial charge >= 0.3 is 0 Å². The molecule has 0 spiro atoms. The summed E-state index contributed by atoms with van der Waals surface area (Å²) in [5, 5.41) is 4.24. The maximum Gasteiger partial charge on any atom is 0.263 e. The van der Waals surface area contributed by atoms with E-state index in [0.29, 0.717) is 9.90 Å². The van der Waals surface area contributed by atoms with Gasteiger partial charge in [0.2, 0.25) is 10.0 Å². The third-order valence-corrected chi connectivity index (χ3v) is 7.75. The Morgan fingerprint density at radius 3 is 2.33 bits per heavy atom. The Bertz CT molecular complexity index is 1090. The lowest BCUT2D eigenvalue weighted by Gasteiger charge is -2.16. The van der Waals surface area contributed by atoms with E-state index in [1.807, 2.05) is 31.2 Å². The summed E-state index contributed by atoms with van der Waals surface area (Å²) in [5.74, 6) is -0.251. The summed E-state index contributed by atoms with van der Waals surface area (Å²) in [7, 11) is -0.502. The molecule has 0 aliphatic rings. The van der Waals surface area contributed by atoms with Crippen LogP contribution in [0.1, 0.15) is 28.2 Å². The van der Waals surface area contributed by atoms with Crippen LogP contribution in [-0.4, -0.2) is 32.7 Å². The van der Waals surface area contributed by atoms with Gasteiger partial charge < -0.3 is 5.32 Å². The maximum absolute atomic E-state index is 12.6. The molecule has 1 heterocycles. The smallest absolute Gasteiger partial charge is 0.263 e. The molecule has 0 saturated carbocycles. The van der Waals surface area contributed by atoms with E-state index >= 15 is 0 Å². The number of benzene rings is 2. The van der Waals surface area contributed by atoms with Crippen molar-refractivity contribution in [1.82, 2.24) is 9.62 Å². The van der Waals surface area contributed by atoms with Gasteiger partial charge in [-0.1, -0.05) is 41.9 Å². The molecule has 8 heteroatoms. The van der Waals surface area contributed by atoms with Crippen LogP contribution in [0.15, 0.2) is 53.4 Å². The molecule has 3 rings (SSSR count). The van der Waals surface area contributed by atoms with E-state index in [0.717, 1.165) is 20.0 Å². The van der Waals surface area contributed by atoms with E-state index in [4.69, 9.17) is 11.6 Å². The van der Waals surface area contributed by atoms with Crippen LogP contribution in [0.2, 0.25) is 5.02 Å². The zero-order chi connectivity index (χ0) is 19.8. The molecule has 3 aromatic rings. The molecule has 0 fully saturated rings. The van der Waals surface area contributed by atoms with E-state index < -0.39 is 10.0 Å². The number of amides is 1. The Balaban J connectivity index is 1.79. The first-order chi connectivity index (χ1) is 12.7. The fourth-order valence-corrected chi connectivity index (χ4v) is 4.97. The lowest BCUT2D eigenvalue weighted by atomic mass is 10.1. The third kappa shape index (κ3) is 3.87. The summed E-state index contributed by atoms with van der Waals surface area (Å²) in [5.41, 5.74) is 0.804. The van der Waals surface area contributed by atoms with E-state index in [9.17, 15) is 13.2 Å². The molecule has 0 saturated heterocycles. The van der Waals surface area contributed by atoms with Gasteiger partial charge in [0, 0.05) is 24.2 Å². The minimum atomic E-state index is -3.48. The molecule has 0 aliphatic heterocycles. The number of rotatable bonds is 5. The first kappa shape index (κ1) is 19.8. The summed E-state index contributed by atoms with van der Waals surface area (Å²) in [6.45, 7) is 1.84. The molecule has 0 bridgehead atoms. The van der Waals surface area contributed by atoms with Gasteiger partial charge in [0.25, 0.3) is 5.91 Å². The van der Waals surface area contributed by atoms with E-state index in [1.54, 1.807) is 24.3 Å². The van der Waals surface area contributed by atoms with Gasteiger partial charge in [-0.15, -0.1) is 11.3 Å². The quantitative estimate of drug-likeness (QED) is 0.666. The summed E-state index contributed by atoms with van der Waals surface area (Å²) in [4.78, 5) is 13.3. The number of hydrogen-bond donors (Lipinski definition) is 1. The second kappa shape index (κ2) is 7.59. The predicted molar refractivity (Wildman–Crippen MR) is 110 cm³/mol. The van der Waals surface area contributed by atoms with Crippen molar-refractivity contribution in [1.29, 1.82) is 0 Å². The standard InChI is InChI=1S/C19H19ClN2O3S2/c1-12(13-8-10-14(11-9-13)27(24,25)22(2)3)21-19(23)18-17(20)15-6-4-5-7-16(15)26-18/h4-12H,1-3H3,(H,21,23). The molecule has 142 valence electrons. The first-order valence-corrected chi connectivity index (χ1v) is 10.9. The van der Waals surface area contributed by atoms with Gasteiger partial charge in [-0.25, -0.2) is 12.7 Å². The van der Waals surface area contributed by atoms with Crippen molar-refractivity contribution >= 4 is 49.0 Å². The number of nitrogens with one attached hydrogen (secondary N) is 1. The largest absolute Gasteiger partial charge is 0.345 e. The average Bonchev–Trinajstić information content (AvgIpc) is 2.99. The van der Waals surface area contributed by atoms with Crippen LogP contribution in [0.4, 0.5) is 0 Å². The molecule has 1 aromatic heterocycles. The van der Waals surface area contributed by atoms with Crippen molar-refractivity contribution in [2.45, 2.75) is 17.9 Å². The lowest BCUT2D eigenvalue weighted by Crippen LogP contribution is -2.26. The van der Waals surface area contributed by atoms with Crippen LogP contribution >= 0.6 is 22.9 Å². The van der Waals surface area contributed by atoms with Crippen LogP contribution in [0.5, 0.6) is 0 Å². The van der Waals surface area contributed by atoms with Crippen molar-refractivity contribution < 1.29 is 13.2 Å². The Morgan fingerprint density at radius 1 is 1.11 bits per heavy atom. The monoisotopic (exact) mass is 422 g/mol. The second-order valence-electron chi connectivity index (χ2n) is 6.29. The number of thiophene rings is 1. The zero-order valence-corrected chi connectivity index (χ0v) is 17.5. The molecule has 1 N–H and O–H groups in total. The van der Waals surface area contributed by atoms with Gasteiger partial charge in [-0.3, -0.25) is 4.79 Å². The molecule has 1 unspecified atom stereocenters. The lowest BCUT2D eigenvalue weighted by molar-refractivity contribution is 0.0944. The fraction of sp³-hybridized carbons (Fsp3) is 0.211. The minimum Gasteiger partial charge on any atom is -0.345 e. The molecule has 1 amide bonds. The summed E-state index contributed by atoms with van der Waals surface area (Å²) >= 11 is 7.71. The molecule has 0 aliphatic carbocycles. The molecule has 1 atom stereocenters. The van der Waals surface area contributed by atoms with Crippen molar-refractivity contribution in [3.8, 4) is 0 Å². The Kier molecular flexibility index (Phi) is 5.58. The van der Waals surface area contributed by atoms with Gasteiger partial charge in [-0.05, 0) is 30.7 Å². The van der Waals surface area contributed by atoms with Gasteiger partial charge in [0.15, 0.2) is 0 Å². The van der Waals surface area contributed by atoms with Crippen molar-refractivity contribution in [3.63, 3.8) is 0 Å². The molecule has 27 heavy (non-hydrogen) atoms. The SMILES string of the molecule is CC(NC(=O)c1sc2ccccc2c1Cl)c1ccc(S(=O)(=O)N(C)C)cc1. The number of fused-ring (bicyclic) bond motifs is 1. The van der Waals surface area contributed by atoms with E-state index in [-0.39, 0.29) is 16.8 Å². The highest BCUT2D eigenvalue weighted by atomic mass is 35.5. The highest BCUT2D eigenvalue weighted by Crippen LogP contribution is 2.35. The first-order valence-electron chi connectivity index (χ1n) is 8.22. The van der Waals surface area contributed by atoms with Gasteiger partial charge in [-0.2, -0.15) is 0 Å². The van der Waals surface area contributed by atoms with Crippen molar-refractivity contribution in [2.75, 3.05) is 14.1 Å². The molecular formula is C19H19ClN2O3S2. The fourth-order valence-electron chi connectivity index (χ4n) is 2.64. The van der Waals surface area contributed by atoms with Crippen LogP contribution < -0.4 is 5.32 Å². The number of sulfonamides is 1. The van der Waals surface area contributed by atoms with E-state index in [1.165, 1.54) is 25.4 Å². The number of carbonyl (C=O) groups is 1. The third-order valence-electron chi connectivity index (χ3n) is 4.25. The number of halogens is 1. The number of nitrogens with zero attached hydrogens (tertiary/aromatic N) is 1. The summed E-state index contributed by atoms with van der Waals surface area (Å²) < 4.78 is 26.4. The summed E-state index contributed by atoms with van der Waals surface area (Å²) in [6.07, 6.45) is 0. The Labute approximate surface area is 167 Å². The van der Waals surface area contributed by atoms with Crippen LogP contribution in [0.25, 0.3) is 10.1 Å². The number of hydrogen-bond acceptors (Lipinski definition) is 4. The highest BCUT2D eigenvalue weighted by Gasteiger charge is 2.20. The summed E-state index contributed by atoms with van der Waals surface area (Å²) in [6, 6.07) is 13.8. The van der Waals surface area contributed by atoms with Crippen molar-refractivity contribution in [3.05, 3.63) is 64.0 Å². The molecule has 0 radical (unpaired) electrons. The highest BCUT2D eigenvalue weighted by molar-refractivity contribution is 7.89.